The lowest BCUT2D eigenvalue weighted by Crippen LogP contribution is -2.54. The summed E-state index contributed by atoms with van der Waals surface area (Å²) in [5.74, 6) is -0.693. The van der Waals surface area contributed by atoms with Crippen molar-refractivity contribution in [1.29, 1.82) is 0 Å². The van der Waals surface area contributed by atoms with Gasteiger partial charge in [0.05, 0.1) is 10.6 Å². The highest BCUT2D eigenvalue weighted by Crippen LogP contribution is 2.32. The number of piperidine rings is 1. The Morgan fingerprint density at radius 2 is 1.74 bits per heavy atom. The number of hydrogen-bond donors (Lipinski definition) is 1. The Bertz CT molecular complexity index is 936. The zero-order valence-corrected chi connectivity index (χ0v) is 16.1. The van der Waals surface area contributed by atoms with Crippen LogP contribution in [0.25, 0.3) is 0 Å². The van der Waals surface area contributed by atoms with Crippen molar-refractivity contribution in [2.75, 3.05) is 13.1 Å². The van der Waals surface area contributed by atoms with E-state index in [1.165, 1.54) is 16.4 Å². The molecular formula is C19H22N2O5S. The van der Waals surface area contributed by atoms with Crippen LogP contribution in [0.1, 0.15) is 24.2 Å². The van der Waals surface area contributed by atoms with E-state index in [2.05, 4.69) is 4.98 Å². The second kappa shape index (κ2) is 7.28. The topological polar surface area (TPSA) is 96.8 Å². The normalized spacial score (nSPS) is 17.4. The third kappa shape index (κ3) is 3.81. The summed E-state index contributed by atoms with van der Waals surface area (Å²) >= 11 is 0. The number of aryl methyl sites for hydroxylation is 2. The molecule has 8 heteroatoms. The van der Waals surface area contributed by atoms with Crippen molar-refractivity contribution < 1.29 is 23.1 Å². The van der Waals surface area contributed by atoms with Crippen LogP contribution in [0.2, 0.25) is 0 Å². The first-order valence-electron chi connectivity index (χ1n) is 8.66. The first-order valence-corrected chi connectivity index (χ1v) is 10.1. The smallest absolute Gasteiger partial charge is 0.348 e. The fourth-order valence-corrected chi connectivity index (χ4v) is 4.64. The lowest BCUT2D eigenvalue weighted by Gasteiger charge is -2.38. The molecule has 27 heavy (non-hydrogen) atoms. The van der Waals surface area contributed by atoms with E-state index in [0.29, 0.717) is 11.4 Å². The molecular weight excluding hydrogens is 368 g/mol. The van der Waals surface area contributed by atoms with E-state index in [0.717, 1.165) is 5.69 Å². The van der Waals surface area contributed by atoms with Gasteiger partial charge in [0, 0.05) is 31.6 Å². The van der Waals surface area contributed by atoms with E-state index in [1.54, 1.807) is 37.3 Å². The lowest BCUT2D eigenvalue weighted by molar-refractivity contribution is -0.158. The van der Waals surface area contributed by atoms with Gasteiger partial charge in [-0.3, -0.25) is 4.98 Å². The molecule has 0 amide bonds. The second-order valence-electron chi connectivity index (χ2n) is 6.65. The van der Waals surface area contributed by atoms with Crippen LogP contribution >= 0.6 is 0 Å². The predicted octanol–water partition coefficient (Wildman–Crippen LogP) is 2.39. The quantitative estimate of drug-likeness (QED) is 0.842. The minimum Gasteiger partial charge on any atom is -0.478 e. The molecule has 1 aliphatic heterocycles. The molecule has 3 rings (SSSR count). The fraction of sp³-hybridized carbons (Fsp3) is 0.368. The van der Waals surface area contributed by atoms with Gasteiger partial charge in [0.15, 0.2) is 0 Å². The highest BCUT2D eigenvalue weighted by Gasteiger charge is 2.46. The van der Waals surface area contributed by atoms with E-state index in [4.69, 9.17) is 4.74 Å². The Morgan fingerprint density at radius 3 is 2.30 bits per heavy atom. The molecule has 1 aromatic carbocycles. The number of pyridine rings is 1. The maximum atomic E-state index is 12.7. The molecule has 0 spiro atoms. The first-order chi connectivity index (χ1) is 12.7. The van der Waals surface area contributed by atoms with Crippen LogP contribution < -0.4 is 4.74 Å². The van der Waals surface area contributed by atoms with Crippen LogP contribution in [0, 0.1) is 13.8 Å². The number of aliphatic carboxylic acids is 1. The third-order valence-electron chi connectivity index (χ3n) is 4.78. The summed E-state index contributed by atoms with van der Waals surface area (Å²) in [5, 5.41) is 9.79. The highest BCUT2D eigenvalue weighted by atomic mass is 32.2. The Balaban J connectivity index is 1.80. The zero-order chi connectivity index (χ0) is 19.7. The van der Waals surface area contributed by atoms with Gasteiger partial charge in [-0.25, -0.2) is 13.2 Å². The Kier molecular flexibility index (Phi) is 5.21. The van der Waals surface area contributed by atoms with Crippen molar-refractivity contribution >= 4 is 16.0 Å². The van der Waals surface area contributed by atoms with Gasteiger partial charge in [0.25, 0.3) is 0 Å². The monoisotopic (exact) mass is 390 g/mol. The fourth-order valence-electron chi connectivity index (χ4n) is 3.18. The molecule has 1 fully saturated rings. The number of carbonyl (C=O) groups is 1. The molecule has 7 nitrogen and oxygen atoms in total. The van der Waals surface area contributed by atoms with Gasteiger partial charge in [0.1, 0.15) is 5.75 Å². The van der Waals surface area contributed by atoms with Gasteiger partial charge < -0.3 is 9.84 Å². The average Bonchev–Trinajstić information content (AvgIpc) is 2.65. The van der Waals surface area contributed by atoms with Crippen molar-refractivity contribution in [3.63, 3.8) is 0 Å². The zero-order valence-electron chi connectivity index (χ0n) is 15.3. The minimum atomic E-state index is -3.65. The molecule has 0 unspecified atom stereocenters. The van der Waals surface area contributed by atoms with Crippen LogP contribution in [0.4, 0.5) is 0 Å². The number of carboxylic acid groups (broad SMARTS) is 1. The molecule has 0 saturated carbocycles. The maximum absolute atomic E-state index is 12.7. The molecule has 0 atom stereocenters. The molecule has 2 aromatic rings. The molecule has 0 aliphatic carbocycles. The predicted molar refractivity (Wildman–Crippen MR) is 99.1 cm³/mol. The Morgan fingerprint density at radius 1 is 1.11 bits per heavy atom. The molecule has 1 aromatic heterocycles. The molecule has 1 aliphatic rings. The number of carboxylic acids is 1. The standard InChI is InChI=1S/C19H22N2O5S/c1-14-8-9-17(15(2)20-14)26-19(18(22)23)10-12-21(13-11-19)27(24,25)16-6-4-3-5-7-16/h3-9H,10-13H2,1-2H3,(H,22,23). The van der Waals surface area contributed by atoms with Crippen molar-refractivity contribution in [3.8, 4) is 5.75 Å². The van der Waals surface area contributed by atoms with Gasteiger partial charge in [-0.1, -0.05) is 18.2 Å². The number of hydrogen-bond acceptors (Lipinski definition) is 5. The van der Waals surface area contributed by atoms with E-state index >= 15 is 0 Å². The highest BCUT2D eigenvalue weighted by molar-refractivity contribution is 7.89. The van der Waals surface area contributed by atoms with Crippen LogP contribution in [0.3, 0.4) is 0 Å². The lowest BCUT2D eigenvalue weighted by atomic mass is 9.92. The van der Waals surface area contributed by atoms with Crippen molar-refractivity contribution in [3.05, 3.63) is 53.9 Å². The second-order valence-corrected chi connectivity index (χ2v) is 8.59. The SMILES string of the molecule is Cc1ccc(OC2(C(=O)O)CCN(S(=O)(=O)c3ccccc3)CC2)c(C)n1. The molecule has 1 N–H and O–H groups in total. The van der Waals surface area contributed by atoms with Crippen LogP contribution in [-0.2, 0) is 14.8 Å². The first kappa shape index (κ1) is 19.3. The number of sulfonamides is 1. The van der Waals surface area contributed by atoms with Crippen molar-refractivity contribution in [1.82, 2.24) is 9.29 Å². The number of rotatable bonds is 5. The van der Waals surface area contributed by atoms with Crippen molar-refractivity contribution in [2.45, 2.75) is 37.2 Å². The summed E-state index contributed by atoms with van der Waals surface area (Å²) < 4.78 is 32.7. The van der Waals surface area contributed by atoms with Crippen molar-refractivity contribution in [2.24, 2.45) is 0 Å². The molecule has 0 bridgehead atoms. The average molecular weight is 390 g/mol. The summed E-state index contributed by atoms with van der Waals surface area (Å²) in [6.07, 6.45) is 0.115. The minimum absolute atomic E-state index is 0.0573. The van der Waals surface area contributed by atoms with E-state index in [9.17, 15) is 18.3 Å². The summed E-state index contributed by atoms with van der Waals surface area (Å²) in [5.41, 5.74) is -0.0484. The van der Waals surface area contributed by atoms with E-state index in [1.807, 2.05) is 6.92 Å². The summed E-state index contributed by atoms with van der Waals surface area (Å²) in [6, 6.07) is 11.6. The van der Waals surface area contributed by atoms with Gasteiger partial charge in [-0.2, -0.15) is 4.31 Å². The van der Waals surface area contributed by atoms with Gasteiger partial charge in [-0.15, -0.1) is 0 Å². The van der Waals surface area contributed by atoms with Crippen LogP contribution in [0.15, 0.2) is 47.4 Å². The van der Waals surface area contributed by atoms with E-state index in [-0.39, 0.29) is 30.8 Å². The van der Waals surface area contributed by atoms with Gasteiger partial charge in [0.2, 0.25) is 15.6 Å². The Hall–Kier alpha value is -2.45. The molecule has 144 valence electrons. The molecule has 2 heterocycles. The van der Waals surface area contributed by atoms with Gasteiger partial charge in [-0.05, 0) is 38.1 Å². The van der Waals surface area contributed by atoms with Crippen LogP contribution in [0.5, 0.6) is 5.75 Å². The van der Waals surface area contributed by atoms with Gasteiger partial charge >= 0.3 is 5.97 Å². The molecule has 1 saturated heterocycles. The number of aromatic nitrogens is 1. The summed E-state index contributed by atoms with van der Waals surface area (Å²) in [4.78, 5) is 16.5. The largest absolute Gasteiger partial charge is 0.478 e. The summed E-state index contributed by atoms with van der Waals surface area (Å²) in [6.45, 7) is 3.74. The Labute approximate surface area is 158 Å². The maximum Gasteiger partial charge on any atom is 0.348 e. The van der Waals surface area contributed by atoms with E-state index < -0.39 is 21.6 Å². The number of benzene rings is 1. The molecule has 0 radical (unpaired) electrons. The number of nitrogens with zero attached hydrogens (tertiary/aromatic N) is 2. The third-order valence-corrected chi connectivity index (χ3v) is 6.70. The summed E-state index contributed by atoms with van der Waals surface area (Å²) in [7, 11) is -3.65. The number of ether oxygens (including phenoxy) is 1. The van der Waals surface area contributed by atoms with Crippen LogP contribution in [-0.4, -0.2) is 47.5 Å².